The normalized spacial score (nSPS) is 18.4. The second-order valence-corrected chi connectivity index (χ2v) is 11.1. The lowest BCUT2D eigenvalue weighted by atomic mass is 9.81. The summed E-state index contributed by atoms with van der Waals surface area (Å²) in [5, 5.41) is 21.8. The Balaban J connectivity index is 1.19. The molecular formula is C30H38N8O5. The Morgan fingerprint density at radius 1 is 1.14 bits per heavy atom. The third-order valence-corrected chi connectivity index (χ3v) is 8.06. The summed E-state index contributed by atoms with van der Waals surface area (Å²) in [6, 6.07) is 3.41. The Bertz CT molecular complexity index is 1530. The number of unbranched alkanes of at least 4 members (excludes halogenated alkanes) is 1. The highest BCUT2D eigenvalue weighted by atomic mass is 16.5. The van der Waals surface area contributed by atoms with E-state index in [-0.39, 0.29) is 54.3 Å². The van der Waals surface area contributed by atoms with Crippen molar-refractivity contribution in [3.63, 3.8) is 0 Å². The number of benzene rings is 1. The number of carbonyl (C=O) groups is 3. The molecule has 0 atom stereocenters. The molecule has 0 unspecified atom stereocenters. The molecule has 1 fully saturated rings. The van der Waals surface area contributed by atoms with Crippen LogP contribution in [0.5, 0.6) is 11.5 Å². The van der Waals surface area contributed by atoms with Gasteiger partial charge in [-0.2, -0.15) is 10.1 Å². The van der Waals surface area contributed by atoms with Gasteiger partial charge < -0.3 is 26.2 Å². The van der Waals surface area contributed by atoms with E-state index in [1.165, 1.54) is 24.2 Å². The molecule has 43 heavy (non-hydrogen) atoms. The minimum atomic E-state index is -0.267. The molecule has 1 aromatic carbocycles. The van der Waals surface area contributed by atoms with Gasteiger partial charge in [-0.25, -0.2) is 4.98 Å². The molecule has 0 radical (unpaired) electrons. The zero-order valence-corrected chi connectivity index (χ0v) is 24.5. The number of hydrogen-bond acceptors (Lipinski definition) is 10. The Morgan fingerprint density at radius 2 is 1.88 bits per heavy atom. The lowest BCUT2D eigenvalue weighted by Gasteiger charge is -2.30. The highest BCUT2D eigenvalue weighted by Crippen LogP contribution is 2.33. The molecule has 228 valence electrons. The number of rotatable bonds is 12. The minimum absolute atomic E-state index is 0.0241. The summed E-state index contributed by atoms with van der Waals surface area (Å²) in [7, 11) is 1.53. The average molecular weight is 591 g/mol. The molecule has 0 bridgehead atoms. The van der Waals surface area contributed by atoms with Gasteiger partial charge in [-0.3, -0.25) is 24.0 Å². The van der Waals surface area contributed by atoms with E-state index >= 15 is 0 Å². The molecule has 0 saturated heterocycles. The number of ether oxygens (including phenoxy) is 1. The number of nitrogens with zero attached hydrogens (tertiary/aromatic N) is 5. The van der Waals surface area contributed by atoms with Crippen LogP contribution in [0, 0.1) is 11.8 Å². The molecule has 1 aliphatic heterocycles. The van der Waals surface area contributed by atoms with Gasteiger partial charge >= 0.3 is 0 Å². The zero-order chi connectivity index (χ0) is 30.5. The van der Waals surface area contributed by atoms with Crippen LogP contribution in [0.2, 0.25) is 0 Å². The number of nitrogens with one attached hydrogen (secondary N) is 2. The Hall–Kier alpha value is -4.68. The molecule has 13 nitrogen and oxygen atoms in total. The molecule has 1 saturated carbocycles. The third-order valence-electron chi connectivity index (χ3n) is 8.06. The van der Waals surface area contributed by atoms with Crippen molar-refractivity contribution in [2.45, 2.75) is 58.5 Å². The van der Waals surface area contributed by atoms with Crippen LogP contribution in [0.4, 0.5) is 11.8 Å². The monoisotopic (exact) mass is 590 g/mol. The van der Waals surface area contributed by atoms with Gasteiger partial charge in [-0.05, 0) is 55.7 Å². The van der Waals surface area contributed by atoms with Gasteiger partial charge in [0, 0.05) is 37.7 Å². The lowest BCUT2D eigenvalue weighted by molar-refractivity contribution is -0.138. The van der Waals surface area contributed by atoms with Crippen molar-refractivity contribution in [1.82, 2.24) is 30.0 Å². The minimum Gasteiger partial charge on any atom is -0.507 e. The van der Waals surface area contributed by atoms with Gasteiger partial charge in [-0.15, -0.1) is 0 Å². The van der Waals surface area contributed by atoms with Crippen molar-refractivity contribution in [2.24, 2.45) is 11.8 Å². The van der Waals surface area contributed by atoms with Crippen molar-refractivity contribution in [3.05, 3.63) is 41.6 Å². The van der Waals surface area contributed by atoms with E-state index in [1.54, 1.807) is 23.0 Å². The molecule has 2 aliphatic rings. The first-order valence-electron chi connectivity index (χ1n) is 14.7. The van der Waals surface area contributed by atoms with Crippen LogP contribution >= 0.6 is 0 Å². The number of carbonyl (C=O) groups excluding carboxylic acids is 3. The molecule has 3 amide bonds. The number of aromatic nitrogens is 4. The fraction of sp³-hybridized carbons (Fsp3) is 0.467. The Kier molecular flexibility index (Phi) is 9.07. The lowest BCUT2D eigenvalue weighted by Crippen LogP contribution is -2.38. The summed E-state index contributed by atoms with van der Waals surface area (Å²) in [6.07, 6.45) is 9.30. The molecule has 2 aromatic heterocycles. The van der Waals surface area contributed by atoms with Crippen LogP contribution in [-0.2, 0) is 27.5 Å². The molecule has 5 rings (SSSR count). The summed E-state index contributed by atoms with van der Waals surface area (Å²) in [5.74, 6) is 0.689. The Morgan fingerprint density at radius 3 is 2.58 bits per heavy atom. The molecule has 13 heteroatoms. The number of phenols is 1. The summed E-state index contributed by atoms with van der Waals surface area (Å²) in [4.78, 5) is 46.5. The van der Waals surface area contributed by atoms with Crippen molar-refractivity contribution >= 4 is 40.5 Å². The average Bonchev–Trinajstić information content (AvgIpc) is 3.55. The molecular weight excluding hydrogens is 552 g/mol. The summed E-state index contributed by atoms with van der Waals surface area (Å²) in [6.45, 7) is 3.71. The van der Waals surface area contributed by atoms with E-state index in [9.17, 15) is 19.5 Å². The topological polar surface area (TPSA) is 178 Å². The first-order valence-corrected chi connectivity index (χ1v) is 14.7. The van der Waals surface area contributed by atoms with E-state index in [1.807, 2.05) is 0 Å². The fourth-order valence-corrected chi connectivity index (χ4v) is 5.67. The maximum Gasteiger partial charge on any atom is 0.253 e. The van der Waals surface area contributed by atoms with Gasteiger partial charge in [0.05, 0.1) is 25.4 Å². The standard InChI is InChI=1S/C30H38N8O5/c1-3-4-11-32-28-27-22(34-30(31)35-28)17-37(36-27)16-21-23(39)12-19(13-24(21)43-2)14-33-29(42)20-7-5-18(6-8-20)15-38-25(40)9-10-26(38)41/h9-10,12-13,17-18,20,39H,3-8,11,14-16H2,1-2H3,(H,33,42)(H3,31,32,34,35). The van der Waals surface area contributed by atoms with E-state index in [2.05, 4.69) is 32.6 Å². The maximum atomic E-state index is 12.9. The van der Waals surface area contributed by atoms with Crippen molar-refractivity contribution in [3.8, 4) is 11.5 Å². The molecule has 5 N–H and O–H groups in total. The number of aromatic hydroxyl groups is 1. The molecule has 0 spiro atoms. The second-order valence-electron chi connectivity index (χ2n) is 11.1. The van der Waals surface area contributed by atoms with E-state index in [0.29, 0.717) is 53.1 Å². The van der Waals surface area contributed by atoms with Gasteiger partial charge in [0.15, 0.2) is 11.3 Å². The molecule has 3 heterocycles. The first kappa shape index (κ1) is 29.8. The number of methoxy groups -OCH3 is 1. The highest BCUT2D eigenvalue weighted by molar-refractivity contribution is 6.12. The number of amides is 3. The summed E-state index contributed by atoms with van der Waals surface area (Å²) < 4.78 is 7.25. The predicted octanol–water partition coefficient (Wildman–Crippen LogP) is 2.73. The number of nitrogens with two attached hydrogens (primary N) is 1. The predicted molar refractivity (Wildman–Crippen MR) is 160 cm³/mol. The smallest absolute Gasteiger partial charge is 0.253 e. The first-order chi connectivity index (χ1) is 20.7. The van der Waals surface area contributed by atoms with Gasteiger partial charge in [0.2, 0.25) is 11.9 Å². The van der Waals surface area contributed by atoms with Crippen LogP contribution in [0.1, 0.15) is 56.6 Å². The van der Waals surface area contributed by atoms with Crippen LogP contribution in [-0.4, -0.2) is 67.7 Å². The molecule has 1 aliphatic carbocycles. The molecule has 3 aromatic rings. The number of fused-ring (bicyclic) bond motifs is 1. The van der Waals surface area contributed by atoms with Gasteiger partial charge in [0.25, 0.3) is 11.8 Å². The van der Waals surface area contributed by atoms with Gasteiger partial charge in [0.1, 0.15) is 17.0 Å². The zero-order valence-electron chi connectivity index (χ0n) is 24.5. The van der Waals surface area contributed by atoms with Crippen molar-refractivity contribution in [2.75, 3.05) is 31.2 Å². The number of imide groups is 1. The number of nitrogen functional groups attached to an aromatic ring is 1. The van der Waals surface area contributed by atoms with Crippen LogP contribution in [0.15, 0.2) is 30.5 Å². The van der Waals surface area contributed by atoms with Crippen molar-refractivity contribution < 1.29 is 24.2 Å². The maximum absolute atomic E-state index is 12.9. The number of hydrogen-bond donors (Lipinski definition) is 4. The number of phenolic OH excluding ortho intramolecular Hbond substituents is 1. The van der Waals surface area contributed by atoms with Gasteiger partial charge in [-0.1, -0.05) is 13.3 Å². The quantitative estimate of drug-likeness (QED) is 0.181. The van der Waals surface area contributed by atoms with E-state index in [0.717, 1.165) is 32.2 Å². The SMILES string of the molecule is CCCCNc1nc(N)nc2cn(Cc3c(O)cc(CNC(=O)C4CCC(CN5C(=O)C=CC5=O)CC4)cc3OC)nc12. The summed E-state index contributed by atoms with van der Waals surface area (Å²) >= 11 is 0. The van der Waals surface area contributed by atoms with Crippen LogP contribution < -0.4 is 21.1 Å². The van der Waals surface area contributed by atoms with E-state index in [4.69, 9.17) is 10.5 Å². The largest absolute Gasteiger partial charge is 0.507 e. The Labute approximate surface area is 249 Å². The highest BCUT2D eigenvalue weighted by Gasteiger charge is 2.31. The van der Waals surface area contributed by atoms with Crippen molar-refractivity contribution in [1.29, 1.82) is 0 Å². The second kappa shape index (κ2) is 13.1. The summed E-state index contributed by atoms with van der Waals surface area (Å²) in [5.41, 5.74) is 8.32. The van der Waals surface area contributed by atoms with E-state index < -0.39 is 0 Å². The fourth-order valence-electron chi connectivity index (χ4n) is 5.67. The van der Waals surface area contributed by atoms with Crippen LogP contribution in [0.25, 0.3) is 11.0 Å². The third kappa shape index (κ3) is 6.87. The number of anilines is 2. The van der Waals surface area contributed by atoms with Crippen LogP contribution in [0.3, 0.4) is 0 Å².